The number of aryl methyl sites for hydroxylation is 1. The lowest BCUT2D eigenvalue weighted by molar-refractivity contribution is 0.0496. The minimum Gasteiger partial charge on any atom is -0.467 e. The van der Waals surface area contributed by atoms with E-state index < -0.39 is 30.5 Å². The van der Waals surface area contributed by atoms with E-state index in [1.54, 1.807) is 45.9 Å². The molecular weight excluding hydrogens is 457 g/mol. The van der Waals surface area contributed by atoms with Gasteiger partial charge in [-0.2, -0.15) is 4.98 Å². The van der Waals surface area contributed by atoms with Gasteiger partial charge in [0.05, 0.1) is 18.8 Å². The summed E-state index contributed by atoms with van der Waals surface area (Å²) in [5.74, 6) is 0.478. The van der Waals surface area contributed by atoms with Gasteiger partial charge in [-0.1, -0.05) is 0 Å². The molecule has 3 heterocycles. The van der Waals surface area contributed by atoms with E-state index in [0.29, 0.717) is 22.5 Å². The molecule has 0 bridgehead atoms. The molecule has 1 unspecified atom stereocenters. The van der Waals surface area contributed by atoms with E-state index in [9.17, 15) is 14.0 Å². The number of hydrogen-bond donors (Lipinski definition) is 2. The minimum atomic E-state index is -0.833. The van der Waals surface area contributed by atoms with Crippen molar-refractivity contribution in [1.82, 2.24) is 25.2 Å². The molecule has 10 nitrogen and oxygen atoms in total. The average molecular weight is 482 g/mol. The highest BCUT2D eigenvalue weighted by Gasteiger charge is 2.23. The minimum absolute atomic E-state index is 0.0711. The molecule has 0 saturated heterocycles. The predicted molar refractivity (Wildman–Crippen MR) is 117 cm³/mol. The summed E-state index contributed by atoms with van der Waals surface area (Å²) in [5, 5.41) is 9.05. The summed E-state index contributed by atoms with van der Waals surface area (Å²) < 4.78 is 30.7. The molecule has 2 amide bonds. The summed E-state index contributed by atoms with van der Waals surface area (Å²) in [6.07, 6.45) is 0.152. The van der Waals surface area contributed by atoms with Crippen LogP contribution in [-0.2, 0) is 17.7 Å². The van der Waals surface area contributed by atoms with Gasteiger partial charge < -0.3 is 24.5 Å². The first-order valence-corrected chi connectivity index (χ1v) is 10.5. The normalized spacial score (nSPS) is 12.4. The van der Waals surface area contributed by atoms with Crippen molar-refractivity contribution in [2.75, 3.05) is 6.67 Å². The number of carbonyl (C=O) groups excluding carboxylic acids is 2. The molecule has 0 fully saturated rings. The number of alkyl halides is 1. The predicted octanol–water partition coefficient (Wildman–Crippen LogP) is 3.98. The van der Waals surface area contributed by atoms with Crippen LogP contribution in [0.1, 0.15) is 37.8 Å². The lowest BCUT2D eigenvalue weighted by Gasteiger charge is -2.22. The summed E-state index contributed by atoms with van der Waals surface area (Å²) in [4.78, 5) is 28.2. The maximum atomic E-state index is 13.6. The zero-order chi connectivity index (χ0) is 24.2. The molecule has 0 saturated carbocycles. The maximum Gasteiger partial charge on any atom is 0.414 e. The number of nitrogens with zero attached hydrogens (tertiary/aromatic N) is 3. The van der Waals surface area contributed by atoms with Crippen LogP contribution in [0, 0.1) is 6.92 Å². The third-order valence-corrected chi connectivity index (χ3v) is 4.63. The highest BCUT2D eigenvalue weighted by atomic mass is 35.5. The van der Waals surface area contributed by atoms with E-state index in [1.807, 2.05) is 0 Å². The zero-order valence-electron chi connectivity index (χ0n) is 18.6. The molecule has 0 aliphatic rings. The Kier molecular flexibility index (Phi) is 7.42. The highest BCUT2D eigenvalue weighted by molar-refractivity contribution is 6.28. The van der Waals surface area contributed by atoms with Gasteiger partial charge in [-0.3, -0.25) is 0 Å². The molecule has 1 atom stereocenters. The average Bonchev–Trinajstić information content (AvgIpc) is 3.34. The first-order valence-electron chi connectivity index (χ1n) is 10.1. The number of aromatic nitrogens is 3. The van der Waals surface area contributed by atoms with Crippen LogP contribution in [-0.4, -0.2) is 45.1 Å². The SMILES string of the molecule is Cc1c(CC(CF)NC(=O)OC(C)(C)C)cc2c(OC(=O)NCc3ccco3)nc(Cl)nn12. The van der Waals surface area contributed by atoms with Gasteiger partial charge in [0, 0.05) is 5.69 Å². The second kappa shape index (κ2) is 10.1. The van der Waals surface area contributed by atoms with Gasteiger partial charge in [0.25, 0.3) is 5.88 Å². The number of amides is 2. The van der Waals surface area contributed by atoms with Crippen LogP contribution < -0.4 is 15.4 Å². The molecular formula is C21H25ClFN5O5. The second-order valence-electron chi connectivity index (χ2n) is 8.26. The molecule has 0 radical (unpaired) electrons. The standard InChI is InChI=1S/C21H25ClFN5O5/c1-12-13(8-14(10-23)25-20(30)33-21(2,3)4)9-16-17(26-18(22)27-28(12)16)32-19(29)24-11-15-6-5-7-31-15/h5-7,9,14H,8,10-11H2,1-4H3,(H,24,29)(H,25,30). The summed E-state index contributed by atoms with van der Waals surface area (Å²) in [6.45, 7) is 6.22. The Balaban J connectivity index is 1.76. The molecule has 0 aromatic carbocycles. The van der Waals surface area contributed by atoms with E-state index in [4.69, 9.17) is 25.5 Å². The van der Waals surface area contributed by atoms with Crippen molar-refractivity contribution in [2.24, 2.45) is 0 Å². The first-order chi connectivity index (χ1) is 15.6. The summed E-state index contributed by atoms with van der Waals surface area (Å²) >= 11 is 6.01. The molecule has 178 valence electrons. The Morgan fingerprint density at radius 2 is 2.09 bits per heavy atom. The highest BCUT2D eigenvalue weighted by Crippen LogP contribution is 2.25. The third-order valence-electron chi connectivity index (χ3n) is 4.47. The van der Waals surface area contributed by atoms with E-state index >= 15 is 0 Å². The Labute approximate surface area is 194 Å². The van der Waals surface area contributed by atoms with Gasteiger partial charge >= 0.3 is 12.2 Å². The Hall–Kier alpha value is -3.34. The second-order valence-corrected chi connectivity index (χ2v) is 8.60. The quantitative estimate of drug-likeness (QED) is 0.523. The topological polar surface area (TPSA) is 120 Å². The monoisotopic (exact) mass is 481 g/mol. The van der Waals surface area contributed by atoms with Gasteiger partial charge in [0.15, 0.2) is 0 Å². The number of rotatable bonds is 7. The lowest BCUT2D eigenvalue weighted by Crippen LogP contribution is -2.41. The fourth-order valence-corrected chi connectivity index (χ4v) is 3.19. The summed E-state index contributed by atoms with van der Waals surface area (Å²) in [6, 6.07) is 4.22. The van der Waals surface area contributed by atoms with Crippen LogP contribution >= 0.6 is 11.6 Å². The van der Waals surface area contributed by atoms with Crippen LogP contribution in [0.25, 0.3) is 5.52 Å². The molecule has 0 aliphatic carbocycles. The first kappa shape index (κ1) is 24.3. The van der Waals surface area contributed by atoms with Gasteiger partial charge in [-0.25, -0.2) is 18.5 Å². The third kappa shape index (κ3) is 6.58. The molecule has 33 heavy (non-hydrogen) atoms. The number of ether oxygens (including phenoxy) is 2. The maximum absolute atomic E-state index is 13.6. The Morgan fingerprint density at radius 3 is 2.73 bits per heavy atom. The van der Waals surface area contributed by atoms with Crippen molar-refractivity contribution in [2.45, 2.75) is 52.3 Å². The van der Waals surface area contributed by atoms with Crippen molar-refractivity contribution in [3.05, 3.63) is 46.8 Å². The number of halogens is 2. The van der Waals surface area contributed by atoms with Crippen molar-refractivity contribution < 1.29 is 27.9 Å². The number of hydrogen-bond acceptors (Lipinski definition) is 7. The molecule has 3 rings (SSSR count). The Bertz CT molecular complexity index is 1130. The van der Waals surface area contributed by atoms with Crippen molar-refractivity contribution in [3.8, 4) is 5.88 Å². The van der Waals surface area contributed by atoms with Crippen molar-refractivity contribution in [3.63, 3.8) is 0 Å². The fraction of sp³-hybridized carbons (Fsp3) is 0.429. The van der Waals surface area contributed by atoms with Crippen molar-refractivity contribution >= 4 is 29.3 Å². The summed E-state index contributed by atoms with van der Waals surface area (Å²) in [5.41, 5.74) is 0.933. The van der Waals surface area contributed by atoms with Crippen LogP contribution in [0.5, 0.6) is 5.88 Å². The Morgan fingerprint density at radius 1 is 1.33 bits per heavy atom. The van der Waals surface area contributed by atoms with Crippen LogP contribution in [0.15, 0.2) is 28.9 Å². The van der Waals surface area contributed by atoms with Gasteiger partial charge in [-0.05, 0) is 69.5 Å². The smallest absolute Gasteiger partial charge is 0.414 e. The summed E-state index contributed by atoms with van der Waals surface area (Å²) in [7, 11) is 0. The number of nitrogens with one attached hydrogen (secondary N) is 2. The fourth-order valence-electron chi connectivity index (χ4n) is 3.04. The van der Waals surface area contributed by atoms with Crippen molar-refractivity contribution in [1.29, 1.82) is 0 Å². The van der Waals surface area contributed by atoms with E-state index in [0.717, 1.165) is 0 Å². The van der Waals surface area contributed by atoms with Crippen LogP contribution in [0.4, 0.5) is 14.0 Å². The number of carbonyl (C=O) groups is 2. The zero-order valence-corrected chi connectivity index (χ0v) is 19.4. The van der Waals surface area contributed by atoms with Crippen LogP contribution in [0.3, 0.4) is 0 Å². The van der Waals surface area contributed by atoms with E-state index in [2.05, 4.69) is 20.7 Å². The molecule has 0 spiro atoms. The molecule has 0 aliphatic heterocycles. The lowest BCUT2D eigenvalue weighted by atomic mass is 10.1. The number of alkyl carbamates (subject to hydrolysis) is 1. The largest absolute Gasteiger partial charge is 0.467 e. The van der Waals surface area contributed by atoms with Gasteiger partial charge in [0.2, 0.25) is 5.28 Å². The van der Waals surface area contributed by atoms with E-state index in [-0.39, 0.29) is 24.1 Å². The van der Waals surface area contributed by atoms with Gasteiger partial charge in [0.1, 0.15) is 23.6 Å². The molecule has 2 N–H and O–H groups in total. The van der Waals surface area contributed by atoms with Gasteiger partial charge in [-0.15, -0.1) is 5.10 Å². The molecule has 3 aromatic rings. The number of furan rings is 1. The number of fused-ring (bicyclic) bond motifs is 1. The van der Waals surface area contributed by atoms with E-state index in [1.165, 1.54) is 10.8 Å². The molecule has 3 aromatic heterocycles. The van der Waals surface area contributed by atoms with Crippen LogP contribution in [0.2, 0.25) is 5.28 Å². The molecule has 12 heteroatoms.